The first-order chi connectivity index (χ1) is 6.16. The second kappa shape index (κ2) is 8.48. The number of ether oxygens (including phenoxy) is 1. The molecule has 0 fully saturated rings. The average molecular weight is 188 g/mol. The molecular weight excluding hydrogens is 164 g/mol. The average Bonchev–Trinajstić information content (AvgIpc) is 2.04. The van der Waals surface area contributed by atoms with Gasteiger partial charge in [0, 0.05) is 6.54 Å². The fourth-order valence-electron chi connectivity index (χ4n) is 1.08. The molecule has 0 aromatic carbocycles. The van der Waals surface area contributed by atoms with Crippen molar-refractivity contribution < 1.29 is 4.74 Å². The van der Waals surface area contributed by atoms with Gasteiger partial charge < -0.3 is 15.0 Å². The van der Waals surface area contributed by atoms with Crippen molar-refractivity contribution in [3.63, 3.8) is 0 Å². The van der Waals surface area contributed by atoms with E-state index >= 15 is 0 Å². The van der Waals surface area contributed by atoms with Gasteiger partial charge in [-0.05, 0) is 47.5 Å². The van der Waals surface area contributed by atoms with Crippen molar-refractivity contribution in [2.45, 2.75) is 26.4 Å². The molecular formula is C10H24N2O. The van der Waals surface area contributed by atoms with E-state index in [-0.39, 0.29) is 0 Å². The van der Waals surface area contributed by atoms with Crippen LogP contribution in [0.15, 0.2) is 0 Å². The van der Waals surface area contributed by atoms with Gasteiger partial charge in [0.15, 0.2) is 0 Å². The van der Waals surface area contributed by atoms with Crippen LogP contribution in [0.2, 0.25) is 0 Å². The van der Waals surface area contributed by atoms with Crippen LogP contribution < -0.4 is 5.32 Å². The Balaban J connectivity index is 3.15. The maximum Gasteiger partial charge on any atom is 0.0596 e. The van der Waals surface area contributed by atoms with E-state index in [9.17, 15) is 0 Å². The molecule has 0 bridgehead atoms. The van der Waals surface area contributed by atoms with Crippen LogP contribution in [-0.4, -0.2) is 51.3 Å². The van der Waals surface area contributed by atoms with E-state index in [0.717, 1.165) is 26.2 Å². The fraction of sp³-hybridized carbons (Fsp3) is 1.00. The maximum atomic E-state index is 5.46. The largest absolute Gasteiger partial charge is 0.377 e. The Bertz CT molecular complexity index is 107. The highest BCUT2D eigenvalue weighted by atomic mass is 16.5. The minimum atomic E-state index is 0.353. The molecule has 0 radical (unpaired) electrons. The highest BCUT2D eigenvalue weighted by Gasteiger charge is 1.98. The smallest absolute Gasteiger partial charge is 0.0596 e. The van der Waals surface area contributed by atoms with Crippen LogP contribution in [0.5, 0.6) is 0 Å². The number of nitrogens with one attached hydrogen (secondary N) is 1. The van der Waals surface area contributed by atoms with Gasteiger partial charge in [-0.3, -0.25) is 0 Å². The summed E-state index contributed by atoms with van der Waals surface area (Å²) in [6, 6.07) is 0. The Morgan fingerprint density at radius 2 is 2.00 bits per heavy atom. The van der Waals surface area contributed by atoms with Gasteiger partial charge in [0.05, 0.1) is 12.7 Å². The van der Waals surface area contributed by atoms with Crippen LogP contribution in [0.1, 0.15) is 20.3 Å². The molecule has 80 valence electrons. The summed E-state index contributed by atoms with van der Waals surface area (Å²) in [5.74, 6) is 0. The van der Waals surface area contributed by atoms with Gasteiger partial charge in [-0.2, -0.15) is 0 Å². The molecule has 13 heavy (non-hydrogen) atoms. The molecule has 0 saturated heterocycles. The lowest BCUT2D eigenvalue weighted by atomic mass is 10.4. The number of hydrogen-bond donors (Lipinski definition) is 1. The maximum absolute atomic E-state index is 5.46. The molecule has 0 aliphatic heterocycles. The number of hydrogen-bond acceptors (Lipinski definition) is 3. The predicted octanol–water partition coefficient (Wildman–Crippen LogP) is 0.953. The Kier molecular flexibility index (Phi) is 8.40. The SMILES string of the molecule is CNCCCN(C)CCOC(C)C. The highest BCUT2D eigenvalue weighted by Crippen LogP contribution is 1.90. The van der Waals surface area contributed by atoms with Crippen molar-refractivity contribution in [2.75, 3.05) is 40.3 Å². The number of likely N-dealkylation sites (N-methyl/N-ethyl adjacent to an activating group) is 1. The summed E-state index contributed by atoms with van der Waals surface area (Å²) in [5.41, 5.74) is 0. The predicted molar refractivity (Wildman–Crippen MR) is 57.1 cm³/mol. The third-order valence-electron chi connectivity index (χ3n) is 1.89. The molecule has 0 aromatic heterocycles. The van der Waals surface area contributed by atoms with Gasteiger partial charge in [-0.25, -0.2) is 0 Å². The van der Waals surface area contributed by atoms with Crippen LogP contribution in [-0.2, 0) is 4.74 Å². The summed E-state index contributed by atoms with van der Waals surface area (Å²) in [4.78, 5) is 2.31. The summed E-state index contributed by atoms with van der Waals surface area (Å²) < 4.78 is 5.46. The molecule has 0 atom stereocenters. The monoisotopic (exact) mass is 188 g/mol. The Hall–Kier alpha value is -0.120. The molecule has 0 heterocycles. The Morgan fingerprint density at radius 1 is 1.31 bits per heavy atom. The molecule has 3 nitrogen and oxygen atoms in total. The lowest BCUT2D eigenvalue weighted by Gasteiger charge is -2.17. The van der Waals surface area contributed by atoms with E-state index in [1.807, 2.05) is 7.05 Å². The second-order valence-electron chi connectivity index (χ2n) is 3.68. The normalized spacial score (nSPS) is 11.5. The van der Waals surface area contributed by atoms with Gasteiger partial charge in [0.2, 0.25) is 0 Å². The zero-order chi connectivity index (χ0) is 10.1. The van der Waals surface area contributed by atoms with Gasteiger partial charge in [0.25, 0.3) is 0 Å². The summed E-state index contributed by atoms with van der Waals surface area (Å²) in [7, 11) is 4.13. The molecule has 3 heteroatoms. The van der Waals surface area contributed by atoms with Gasteiger partial charge in [-0.1, -0.05) is 0 Å². The molecule has 0 aromatic rings. The number of nitrogens with zero attached hydrogens (tertiary/aromatic N) is 1. The van der Waals surface area contributed by atoms with Gasteiger partial charge in [-0.15, -0.1) is 0 Å². The Morgan fingerprint density at radius 3 is 2.54 bits per heavy atom. The van der Waals surface area contributed by atoms with Crippen molar-refractivity contribution in [3.8, 4) is 0 Å². The van der Waals surface area contributed by atoms with Crippen LogP contribution >= 0.6 is 0 Å². The first kappa shape index (κ1) is 12.9. The molecule has 0 spiro atoms. The van der Waals surface area contributed by atoms with E-state index in [1.165, 1.54) is 6.42 Å². The van der Waals surface area contributed by atoms with Crippen molar-refractivity contribution >= 4 is 0 Å². The minimum absolute atomic E-state index is 0.353. The Labute approximate surface area is 82.4 Å². The lowest BCUT2D eigenvalue weighted by Crippen LogP contribution is -2.27. The molecule has 0 saturated carbocycles. The van der Waals surface area contributed by atoms with Crippen molar-refractivity contribution in [3.05, 3.63) is 0 Å². The van der Waals surface area contributed by atoms with E-state index in [4.69, 9.17) is 4.74 Å². The van der Waals surface area contributed by atoms with Crippen LogP contribution in [0.4, 0.5) is 0 Å². The minimum Gasteiger partial charge on any atom is -0.377 e. The third-order valence-corrected chi connectivity index (χ3v) is 1.89. The van der Waals surface area contributed by atoms with Gasteiger partial charge in [0.1, 0.15) is 0 Å². The lowest BCUT2D eigenvalue weighted by molar-refractivity contribution is 0.0637. The quantitative estimate of drug-likeness (QED) is 0.574. The van der Waals surface area contributed by atoms with Crippen molar-refractivity contribution in [1.29, 1.82) is 0 Å². The zero-order valence-corrected chi connectivity index (χ0v) is 9.47. The standard InChI is InChI=1S/C10H24N2O/c1-10(2)13-9-8-12(4)7-5-6-11-3/h10-11H,5-9H2,1-4H3. The third kappa shape index (κ3) is 9.80. The van der Waals surface area contributed by atoms with Crippen LogP contribution in [0.25, 0.3) is 0 Å². The van der Waals surface area contributed by atoms with E-state index in [0.29, 0.717) is 6.10 Å². The molecule has 0 aliphatic rings. The van der Waals surface area contributed by atoms with E-state index in [1.54, 1.807) is 0 Å². The molecule has 0 amide bonds. The van der Waals surface area contributed by atoms with Crippen molar-refractivity contribution in [2.24, 2.45) is 0 Å². The summed E-state index contributed by atoms with van der Waals surface area (Å²) >= 11 is 0. The first-order valence-corrected chi connectivity index (χ1v) is 5.11. The van der Waals surface area contributed by atoms with Crippen LogP contribution in [0.3, 0.4) is 0 Å². The molecule has 0 rings (SSSR count). The highest BCUT2D eigenvalue weighted by molar-refractivity contribution is 4.52. The molecule has 1 N–H and O–H groups in total. The number of rotatable bonds is 8. The first-order valence-electron chi connectivity index (χ1n) is 5.11. The summed E-state index contributed by atoms with van der Waals surface area (Å²) in [6.07, 6.45) is 1.56. The van der Waals surface area contributed by atoms with Crippen LogP contribution in [0, 0.1) is 0 Å². The second-order valence-corrected chi connectivity index (χ2v) is 3.68. The zero-order valence-electron chi connectivity index (χ0n) is 9.47. The van der Waals surface area contributed by atoms with E-state index in [2.05, 4.69) is 31.1 Å². The fourth-order valence-corrected chi connectivity index (χ4v) is 1.08. The van der Waals surface area contributed by atoms with Gasteiger partial charge >= 0.3 is 0 Å². The topological polar surface area (TPSA) is 24.5 Å². The molecule has 0 unspecified atom stereocenters. The molecule has 0 aliphatic carbocycles. The summed E-state index contributed by atoms with van der Waals surface area (Å²) in [5, 5.41) is 3.14. The van der Waals surface area contributed by atoms with Crippen molar-refractivity contribution in [1.82, 2.24) is 10.2 Å². The van der Waals surface area contributed by atoms with E-state index < -0.39 is 0 Å². The summed E-state index contributed by atoms with van der Waals surface area (Å²) in [6.45, 7) is 8.25.